The van der Waals surface area contributed by atoms with E-state index in [0.717, 1.165) is 0 Å². The van der Waals surface area contributed by atoms with Crippen LogP contribution in [0, 0.1) is 6.92 Å². The summed E-state index contributed by atoms with van der Waals surface area (Å²) in [5.74, 6) is -0.0774. The Kier molecular flexibility index (Phi) is 5.50. The van der Waals surface area contributed by atoms with Gasteiger partial charge in [-0.15, -0.1) is 0 Å². The first-order valence-corrected chi connectivity index (χ1v) is 8.27. The van der Waals surface area contributed by atoms with Crippen LogP contribution in [0.3, 0.4) is 0 Å². The van der Waals surface area contributed by atoms with E-state index in [4.69, 9.17) is 16.2 Å². The van der Waals surface area contributed by atoms with Crippen LogP contribution in [0.2, 0.25) is 0 Å². The molecule has 0 aliphatic carbocycles. The number of methoxy groups -OCH3 is 1. The van der Waals surface area contributed by atoms with Gasteiger partial charge in [0.15, 0.2) is 0 Å². The number of primary amides is 1. The number of hydrogen-bond donors (Lipinski definition) is 3. The lowest BCUT2D eigenvalue weighted by atomic mass is 9.92. The van der Waals surface area contributed by atoms with E-state index in [9.17, 15) is 9.90 Å². The molecule has 5 N–H and O–H groups in total. The van der Waals surface area contributed by atoms with Crippen molar-refractivity contribution in [3.05, 3.63) is 40.3 Å². The molecule has 7 heteroatoms. The average molecular weight is 356 g/mol. The van der Waals surface area contributed by atoms with Crippen LogP contribution in [0.5, 0.6) is 5.88 Å². The number of ether oxygens (including phenoxy) is 1. The third kappa shape index (κ3) is 3.20. The van der Waals surface area contributed by atoms with Crippen molar-refractivity contribution in [3.8, 4) is 5.88 Å². The number of fused-ring (bicyclic) bond motifs is 1. The minimum Gasteiger partial charge on any atom is -0.512 e. The molecule has 0 saturated carbocycles. The van der Waals surface area contributed by atoms with Gasteiger partial charge in [-0.1, -0.05) is 13.0 Å². The molecule has 0 fully saturated rings. The molecule has 2 rings (SSSR count). The summed E-state index contributed by atoms with van der Waals surface area (Å²) >= 11 is 0. The van der Waals surface area contributed by atoms with Gasteiger partial charge in [0.05, 0.1) is 35.2 Å². The predicted molar refractivity (Wildman–Crippen MR) is 103 cm³/mol. The van der Waals surface area contributed by atoms with E-state index in [1.807, 2.05) is 19.9 Å². The fourth-order valence-electron chi connectivity index (χ4n) is 2.92. The van der Waals surface area contributed by atoms with Crippen LogP contribution in [-0.2, 0) is 0 Å². The number of benzene rings is 1. The first-order chi connectivity index (χ1) is 12.3. The van der Waals surface area contributed by atoms with Gasteiger partial charge in [-0.05, 0) is 38.0 Å². The minimum absolute atomic E-state index is 0.149. The van der Waals surface area contributed by atoms with Gasteiger partial charge in [0, 0.05) is 12.0 Å². The number of rotatable bonds is 5. The zero-order chi connectivity index (χ0) is 19.6. The largest absolute Gasteiger partial charge is 0.512 e. The highest BCUT2D eigenvalue weighted by Gasteiger charge is 2.22. The number of nitrogen functional groups attached to an aromatic ring is 1. The van der Waals surface area contributed by atoms with Crippen molar-refractivity contribution < 1.29 is 14.6 Å². The number of carbonyl (C=O) groups is 1. The summed E-state index contributed by atoms with van der Waals surface area (Å²) in [4.78, 5) is 20.9. The number of aliphatic hydroxyl groups excluding tert-OH is 1. The molecule has 1 aromatic carbocycles. The first-order valence-electron chi connectivity index (χ1n) is 8.27. The zero-order valence-electron chi connectivity index (χ0n) is 15.7. The molecule has 1 heterocycles. The Morgan fingerprint density at radius 1 is 1.38 bits per heavy atom. The Bertz CT molecular complexity index is 946. The smallest absolute Gasteiger partial charge is 0.250 e. The first kappa shape index (κ1) is 19.2. The van der Waals surface area contributed by atoms with Crippen LogP contribution in [0.4, 0.5) is 5.69 Å². The summed E-state index contributed by atoms with van der Waals surface area (Å²) in [5.41, 5.74) is 15.5. The maximum absolute atomic E-state index is 11.9. The quantitative estimate of drug-likeness (QED) is 0.429. The van der Waals surface area contributed by atoms with Crippen molar-refractivity contribution in [2.75, 3.05) is 12.8 Å². The number of hydrogen-bond acceptors (Lipinski definition) is 6. The molecule has 26 heavy (non-hydrogen) atoms. The van der Waals surface area contributed by atoms with Gasteiger partial charge in [0.25, 0.3) is 5.91 Å². The van der Waals surface area contributed by atoms with E-state index >= 15 is 0 Å². The van der Waals surface area contributed by atoms with Gasteiger partial charge in [-0.25, -0.2) is 9.97 Å². The normalized spacial score (nSPS) is 12.9. The number of anilines is 1. The van der Waals surface area contributed by atoms with Gasteiger partial charge in [0.1, 0.15) is 5.69 Å². The number of carbonyl (C=O) groups excluding carboxylic acids is 1. The second kappa shape index (κ2) is 7.43. The van der Waals surface area contributed by atoms with Crippen LogP contribution < -0.4 is 16.2 Å². The second-order valence-corrected chi connectivity index (χ2v) is 5.89. The summed E-state index contributed by atoms with van der Waals surface area (Å²) in [5, 5.41) is 10.2. The molecular formula is C19H24N4O3. The number of allylic oxidation sites excluding steroid dienone is 4. The molecule has 0 atom stereocenters. The van der Waals surface area contributed by atoms with E-state index < -0.39 is 5.91 Å². The van der Waals surface area contributed by atoms with Gasteiger partial charge in [-0.3, -0.25) is 4.79 Å². The van der Waals surface area contributed by atoms with Gasteiger partial charge in [-0.2, -0.15) is 0 Å². The highest BCUT2D eigenvalue weighted by Crippen LogP contribution is 2.37. The average Bonchev–Trinajstić information content (AvgIpc) is 2.62. The number of aliphatic hydroxyl groups is 1. The molecule has 2 aromatic rings. The minimum atomic E-state index is -0.663. The van der Waals surface area contributed by atoms with Crippen LogP contribution in [0.15, 0.2) is 23.5 Å². The molecule has 0 radical (unpaired) electrons. The summed E-state index contributed by atoms with van der Waals surface area (Å²) in [7, 11) is 1.50. The predicted octanol–water partition coefficient (Wildman–Crippen LogP) is 3.27. The topological polar surface area (TPSA) is 124 Å². The summed E-state index contributed by atoms with van der Waals surface area (Å²) in [6.07, 6.45) is 2.29. The van der Waals surface area contributed by atoms with Crippen molar-refractivity contribution in [1.82, 2.24) is 9.97 Å². The van der Waals surface area contributed by atoms with Gasteiger partial charge in [0.2, 0.25) is 5.88 Å². The lowest BCUT2D eigenvalue weighted by Crippen LogP contribution is -2.16. The molecule has 1 aromatic heterocycles. The number of amides is 1. The molecular weight excluding hydrogens is 332 g/mol. The van der Waals surface area contributed by atoms with E-state index in [2.05, 4.69) is 9.97 Å². The SMILES string of the molecule is C/C=C(\C(C)=C(\O)CC)c1c(N)c(C(N)=O)cc2nc(OC)c(C)nc12. The Hall–Kier alpha value is -3.09. The summed E-state index contributed by atoms with van der Waals surface area (Å²) in [6, 6.07) is 1.51. The lowest BCUT2D eigenvalue weighted by molar-refractivity contribution is 0.100. The molecule has 0 aliphatic heterocycles. The van der Waals surface area contributed by atoms with Crippen molar-refractivity contribution in [2.45, 2.75) is 34.1 Å². The van der Waals surface area contributed by atoms with Crippen LogP contribution >= 0.6 is 0 Å². The molecule has 138 valence electrons. The molecule has 0 bridgehead atoms. The monoisotopic (exact) mass is 356 g/mol. The van der Waals surface area contributed by atoms with Crippen LogP contribution in [-0.4, -0.2) is 28.1 Å². The fraction of sp³-hybridized carbons (Fsp3) is 0.316. The Morgan fingerprint density at radius 3 is 2.54 bits per heavy atom. The molecule has 0 unspecified atom stereocenters. The van der Waals surface area contributed by atoms with Crippen molar-refractivity contribution in [3.63, 3.8) is 0 Å². The van der Waals surface area contributed by atoms with Crippen molar-refractivity contribution >= 4 is 28.2 Å². The Morgan fingerprint density at radius 2 is 2.04 bits per heavy atom. The third-order valence-electron chi connectivity index (χ3n) is 4.32. The molecule has 0 saturated heterocycles. The maximum Gasteiger partial charge on any atom is 0.250 e. The summed E-state index contributed by atoms with van der Waals surface area (Å²) in [6.45, 7) is 7.24. The van der Waals surface area contributed by atoms with Crippen molar-refractivity contribution in [2.24, 2.45) is 5.73 Å². The zero-order valence-corrected chi connectivity index (χ0v) is 15.7. The summed E-state index contributed by atoms with van der Waals surface area (Å²) < 4.78 is 5.23. The van der Waals surface area contributed by atoms with Crippen LogP contribution in [0.25, 0.3) is 16.6 Å². The Balaban J connectivity index is 3.01. The van der Waals surface area contributed by atoms with E-state index in [1.165, 1.54) is 13.2 Å². The highest BCUT2D eigenvalue weighted by atomic mass is 16.5. The second-order valence-electron chi connectivity index (χ2n) is 5.89. The maximum atomic E-state index is 11.9. The van der Waals surface area contributed by atoms with Gasteiger partial charge < -0.3 is 21.3 Å². The number of aromatic nitrogens is 2. The highest BCUT2D eigenvalue weighted by molar-refractivity contribution is 6.08. The molecule has 0 aliphatic rings. The van der Waals surface area contributed by atoms with Crippen LogP contribution in [0.1, 0.15) is 48.8 Å². The van der Waals surface area contributed by atoms with Gasteiger partial charge >= 0.3 is 0 Å². The number of nitrogens with two attached hydrogens (primary N) is 2. The van der Waals surface area contributed by atoms with E-state index in [1.54, 1.807) is 13.8 Å². The molecule has 1 amide bonds. The fourth-order valence-corrected chi connectivity index (χ4v) is 2.92. The Labute approximate surface area is 152 Å². The lowest BCUT2D eigenvalue weighted by Gasteiger charge is -2.17. The number of nitrogens with zero attached hydrogens (tertiary/aromatic N) is 2. The van der Waals surface area contributed by atoms with E-state index in [0.29, 0.717) is 45.7 Å². The molecule has 0 spiro atoms. The van der Waals surface area contributed by atoms with E-state index in [-0.39, 0.29) is 17.0 Å². The number of aryl methyl sites for hydroxylation is 1. The third-order valence-corrected chi connectivity index (χ3v) is 4.32. The van der Waals surface area contributed by atoms with Crippen molar-refractivity contribution in [1.29, 1.82) is 0 Å². The standard InChI is InChI=1S/C19H24N4O3/c1-6-11(9(3)14(24)7-2)15-16(20)12(18(21)25)8-13-17(15)22-10(4)19(23-13)26-5/h6,8,24H,7,20H2,1-5H3,(H2,21,25)/b11-6+,14-9+. The molecule has 7 nitrogen and oxygen atoms in total.